The van der Waals surface area contributed by atoms with Crippen LogP contribution in [0.5, 0.6) is 0 Å². The zero-order valence-corrected chi connectivity index (χ0v) is 13.5. The third-order valence-electron chi connectivity index (χ3n) is 3.98. The normalized spacial score (nSPS) is 49.5. The van der Waals surface area contributed by atoms with Gasteiger partial charge in [-0.15, -0.1) is 0 Å². The van der Waals surface area contributed by atoms with Crippen molar-refractivity contribution in [3.8, 4) is 0 Å². The Morgan fingerprint density at radius 2 is 1.25 bits per heavy atom. The van der Waals surface area contributed by atoms with E-state index >= 15 is 0 Å². The fourth-order valence-electron chi connectivity index (χ4n) is 2.57. The molecule has 0 bridgehead atoms. The summed E-state index contributed by atoms with van der Waals surface area (Å²) in [6.07, 6.45) is -15.6. The smallest absolute Gasteiger partial charge is 0.187 e. The monoisotopic (exact) mass is 397 g/mol. The van der Waals surface area contributed by atoms with Crippen LogP contribution in [0.25, 0.3) is 0 Å². The van der Waals surface area contributed by atoms with Gasteiger partial charge in [0.05, 0.1) is 13.2 Å². The molecule has 2 heterocycles. The number of hydrogen-bond acceptors (Lipinski definition) is 11. The van der Waals surface area contributed by atoms with E-state index in [0.29, 0.717) is 0 Å². The quantitative estimate of drug-likeness (QED) is 0.211. The summed E-state index contributed by atoms with van der Waals surface area (Å²) in [7, 11) is 0. The van der Waals surface area contributed by atoms with Gasteiger partial charge in [0.15, 0.2) is 12.6 Å². The number of aliphatic hydroxyl groups is 8. The molecule has 2 aliphatic heterocycles. The fourth-order valence-corrected chi connectivity index (χ4v) is 2.57. The topological polar surface area (TPSA) is 190 Å². The molecule has 24 heavy (non-hydrogen) atoms. The van der Waals surface area contributed by atoms with Gasteiger partial charge in [0.2, 0.25) is 0 Å². The van der Waals surface area contributed by atoms with Gasteiger partial charge in [-0.2, -0.15) is 0 Å². The van der Waals surface area contributed by atoms with Crippen molar-refractivity contribution in [3.05, 3.63) is 0 Å². The van der Waals surface area contributed by atoms with E-state index < -0.39 is 74.6 Å². The zero-order valence-electron chi connectivity index (χ0n) is 12.4. The Hall–Kier alpha value is 0.0795. The van der Waals surface area contributed by atoms with Crippen LogP contribution in [0.3, 0.4) is 0 Å². The third-order valence-corrected chi connectivity index (χ3v) is 3.98. The predicted octanol–water partition coefficient (Wildman–Crippen LogP) is -5.40. The van der Waals surface area contributed by atoms with E-state index in [9.17, 15) is 35.7 Å². The van der Waals surface area contributed by atoms with Crippen molar-refractivity contribution in [2.45, 2.75) is 61.4 Å². The Balaban J connectivity index is 0.00000288. The van der Waals surface area contributed by atoms with Crippen molar-refractivity contribution in [1.82, 2.24) is 0 Å². The van der Waals surface area contributed by atoms with E-state index in [1.54, 1.807) is 0 Å². The molecule has 8 N–H and O–H groups in total. The molecule has 2 saturated heterocycles. The summed E-state index contributed by atoms with van der Waals surface area (Å²) in [5.74, 6) is 0. The van der Waals surface area contributed by atoms with Crippen molar-refractivity contribution < 1.29 is 72.1 Å². The summed E-state index contributed by atoms with van der Waals surface area (Å²) >= 11 is 0. The van der Waals surface area contributed by atoms with E-state index in [2.05, 4.69) is 0 Å². The molecule has 1 unspecified atom stereocenters. The maximum absolute atomic E-state index is 9.94. The van der Waals surface area contributed by atoms with Gasteiger partial charge in [0.1, 0.15) is 48.8 Å². The largest absolute Gasteiger partial charge is 0.394 e. The van der Waals surface area contributed by atoms with Crippen molar-refractivity contribution >= 4 is 0 Å². The molecule has 0 aromatic carbocycles. The van der Waals surface area contributed by atoms with Crippen LogP contribution in [0.4, 0.5) is 0 Å². The van der Waals surface area contributed by atoms with E-state index in [1.807, 2.05) is 0 Å². The Kier molecular flexibility index (Phi) is 8.43. The molecular weight excluding hydrogens is 375 g/mol. The molecule has 0 saturated carbocycles. The first-order valence-corrected chi connectivity index (χ1v) is 7.08. The zero-order chi connectivity index (χ0) is 17.3. The summed E-state index contributed by atoms with van der Waals surface area (Å²) in [6.45, 7) is -1.35. The molecule has 11 nitrogen and oxygen atoms in total. The maximum atomic E-state index is 9.94. The van der Waals surface area contributed by atoms with Gasteiger partial charge in [-0.25, -0.2) is 0 Å². The summed E-state index contributed by atoms with van der Waals surface area (Å²) in [5, 5.41) is 76.5. The molecule has 1 radical (unpaired) electrons. The van der Waals surface area contributed by atoms with Gasteiger partial charge in [-0.1, -0.05) is 0 Å². The summed E-state index contributed by atoms with van der Waals surface area (Å²) in [5.41, 5.74) is 0. The van der Waals surface area contributed by atoms with Crippen LogP contribution in [-0.2, 0) is 31.3 Å². The third kappa shape index (κ3) is 4.24. The van der Waals surface area contributed by atoms with Crippen LogP contribution in [-0.4, -0.2) is 115 Å². The minimum atomic E-state index is -1.74. The SMILES string of the molecule is OC[C@H]1O[C@@H](O[C@H]2[C@H](O)[C@@H](O)C(O)O[C@@H]2CO)[C@H](O)[C@@H](O)[C@H]1O.[Mn]. The summed E-state index contributed by atoms with van der Waals surface area (Å²) in [6, 6.07) is 0. The van der Waals surface area contributed by atoms with E-state index in [-0.39, 0.29) is 17.1 Å². The Bertz CT molecular complexity index is 384. The average Bonchev–Trinajstić information content (AvgIpc) is 2.55. The molecular formula is C12H22MnO11. The van der Waals surface area contributed by atoms with Crippen LogP contribution in [0.2, 0.25) is 0 Å². The first kappa shape index (κ1) is 22.1. The van der Waals surface area contributed by atoms with Gasteiger partial charge in [0, 0.05) is 17.1 Å². The Morgan fingerprint density at radius 1 is 0.667 bits per heavy atom. The number of rotatable bonds is 4. The number of ether oxygens (including phenoxy) is 3. The predicted molar refractivity (Wildman–Crippen MR) is 68.6 cm³/mol. The molecule has 0 spiro atoms. The molecule has 12 heteroatoms. The van der Waals surface area contributed by atoms with E-state index in [4.69, 9.17) is 19.3 Å². The molecule has 0 aromatic heterocycles. The first-order valence-electron chi connectivity index (χ1n) is 7.08. The average molecular weight is 397 g/mol. The van der Waals surface area contributed by atoms with Crippen LogP contribution in [0, 0.1) is 0 Å². The summed E-state index contributed by atoms with van der Waals surface area (Å²) < 4.78 is 15.3. The second-order valence-electron chi connectivity index (χ2n) is 5.53. The van der Waals surface area contributed by atoms with Gasteiger partial charge in [-0.05, 0) is 0 Å². The molecule has 0 amide bonds. The number of hydrogen-bond donors (Lipinski definition) is 8. The molecule has 0 aromatic rings. The molecule has 0 aliphatic carbocycles. The fraction of sp³-hybridized carbons (Fsp3) is 1.00. The van der Waals surface area contributed by atoms with Crippen molar-refractivity contribution in [2.24, 2.45) is 0 Å². The van der Waals surface area contributed by atoms with Gasteiger partial charge in [-0.3, -0.25) is 0 Å². The van der Waals surface area contributed by atoms with Crippen molar-refractivity contribution in [3.63, 3.8) is 0 Å². The van der Waals surface area contributed by atoms with Crippen molar-refractivity contribution in [1.29, 1.82) is 0 Å². The molecule has 2 aliphatic rings. The second kappa shape index (κ2) is 9.14. The second-order valence-corrected chi connectivity index (χ2v) is 5.53. The van der Waals surface area contributed by atoms with E-state index in [0.717, 1.165) is 0 Å². The summed E-state index contributed by atoms with van der Waals surface area (Å²) in [4.78, 5) is 0. The first-order chi connectivity index (χ1) is 10.8. The minimum Gasteiger partial charge on any atom is -0.394 e. The van der Waals surface area contributed by atoms with Crippen LogP contribution >= 0.6 is 0 Å². The minimum absolute atomic E-state index is 0. The van der Waals surface area contributed by atoms with Gasteiger partial charge in [0.25, 0.3) is 0 Å². The molecule has 2 rings (SSSR count). The van der Waals surface area contributed by atoms with Crippen LogP contribution < -0.4 is 0 Å². The van der Waals surface area contributed by atoms with Crippen LogP contribution in [0.1, 0.15) is 0 Å². The van der Waals surface area contributed by atoms with Crippen LogP contribution in [0.15, 0.2) is 0 Å². The van der Waals surface area contributed by atoms with Crippen molar-refractivity contribution in [2.75, 3.05) is 13.2 Å². The molecule has 2 fully saturated rings. The Labute approximate surface area is 147 Å². The number of aliphatic hydroxyl groups excluding tert-OH is 8. The Morgan fingerprint density at radius 3 is 1.79 bits per heavy atom. The van der Waals surface area contributed by atoms with E-state index in [1.165, 1.54) is 0 Å². The standard InChI is InChI=1S/C12H22O11.Mn/c13-1-3-5(15)6(16)9(19)12(22-3)23-10-4(2-14)21-11(20)8(18)7(10)17;/h3-20H,1-2H2;/t3-,4-,5+,6+,7-,8-,9-,10-,11?,12+;/m1./s1. The van der Waals surface area contributed by atoms with Gasteiger partial charge < -0.3 is 55.1 Å². The molecule has 10 atom stereocenters. The van der Waals surface area contributed by atoms with Gasteiger partial charge >= 0.3 is 0 Å². The maximum Gasteiger partial charge on any atom is 0.187 e. The molecule has 143 valence electrons.